The Labute approximate surface area is 192 Å². The highest BCUT2D eigenvalue weighted by atomic mass is 16.5. The number of aromatic nitrogens is 3. The molecule has 0 aliphatic carbocycles. The number of carbonyl (C=O) groups excluding carboxylic acids is 2. The number of para-hydroxylation sites is 1. The quantitative estimate of drug-likeness (QED) is 0.617. The van der Waals surface area contributed by atoms with Gasteiger partial charge in [0.05, 0.1) is 23.9 Å². The van der Waals surface area contributed by atoms with E-state index in [4.69, 9.17) is 15.6 Å². The van der Waals surface area contributed by atoms with Gasteiger partial charge in [-0.1, -0.05) is 18.2 Å². The molecule has 5 rings (SSSR count). The Hall–Kier alpha value is -3.46. The molecule has 1 atom stereocenters. The highest BCUT2D eigenvalue weighted by Crippen LogP contribution is 2.33. The molecule has 33 heavy (non-hydrogen) atoms. The summed E-state index contributed by atoms with van der Waals surface area (Å²) in [6.45, 7) is 2.69. The van der Waals surface area contributed by atoms with Gasteiger partial charge in [0, 0.05) is 49.8 Å². The minimum absolute atomic E-state index is 0.0579. The molecule has 0 unspecified atom stereocenters. The summed E-state index contributed by atoms with van der Waals surface area (Å²) >= 11 is 0. The zero-order valence-corrected chi connectivity index (χ0v) is 18.7. The highest BCUT2D eigenvalue weighted by Gasteiger charge is 2.36. The van der Waals surface area contributed by atoms with Gasteiger partial charge in [0.2, 0.25) is 5.91 Å². The van der Waals surface area contributed by atoms with E-state index in [0.717, 1.165) is 36.0 Å². The third-order valence-corrected chi connectivity index (χ3v) is 6.61. The Bertz CT molecular complexity index is 1190. The molecule has 2 aromatic heterocycles. The van der Waals surface area contributed by atoms with Crippen LogP contribution in [0.2, 0.25) is 0 Å². The van der Waals surface area contributed by atoms with Crippen LogP contribution in [0.4, 0.5) is 5.82 Å². The maximum Gasteiger partial charge on any atom is 0.254 e. The van der Waals surface area contributed by atoms with Gasteiger partial charge in [-0.3, -0.25) is 14.3 Å². The van der Waals surface area contributed by atoms with Gasteiger partial charge in [0.15, 0.2) is 0 Å². The van der Waals surface area contributed by atoms with Crippen LogP contribution in [-0.4, -0.2) is 75.8 Å². The van der Waals surface area contributed by atoms with Crippen LogP contribution in [0.1, 0.15) is 34.8 Å². The Morgan fingerprint density at radius 1 is 1.21 bits per heavy atom. The molecule has 0 radical (unpaired) electrons. The second kappa shape index (κ2) is 8.82. The van der Waals surface area contributed by atoms with Gasteiger partial charge in [-0.15, -0.1) is 0 Å². The van der Waals surface area contributed by atoms with E-state index in [-0.39, 0.29) is 30.3 Å². The molecule has 9 nitrogen and oxygen atoms in total. The molecule has 2 saturated heterocycles. The maximum absolute atomic E-state index is 13.1. The van der Waals surface area contributed by atoms with Crippen molar-refractivity contribution in [3.63, 3.8) is 0 Å². The van der Waals surface area contributed by atoms with E-state index in [1.165, 1.54) is 0 Å². The number of nitrogens with zero attached hydrogens (tertiary/aromatic N) is 5. The predicted octanol–water partition coefficient (Wildman–Crippen LogP) is 1.89. The van der Waals surface area contributed by atoms with E-state index in [1.54, 1.807) is 30.3 Å². The average Bonchev–Trinajstić information content (AvgIpc) is 3.38. The number of hydrogen-bond acceptors (Lipinski definition) is 6. The number of fused-ring (bicyclic) bond motifs is 1. The molecule has 0 saturated carbocycles. The smallest absolute Gasteiger partial charge is 0.254 e. The lowest BCUT2D eigenvalue weighted by atomic mass is 9.93. The van der Waals surface area contributed by atoms with Crippen molar-refractivity contribution in [1.82, 2.24) is 24.6 Å². The minimum Gasteiger partial charge on any atom is -0.384 e. The molecule has 3 aromatic rings. The number of likely N-dealkylation sites (tertiary alicyclic amines) is 2. The fraction of sp³-hybridized carbons (Fsp3) is 0.417. The van der Waals surface area contributed by atoms with Gasteiger partial charge in [0.1, 0.15) is 12.4 Å². The number of benzene rings is 1. The first-order valence-electron chi connectivity index (χ1n) is 11.3. The number of amides is 2. The van der Waals surface area contributed by atoms with Crippen LogP contribution in [0.15, 0.2) is 42.6 Å². The fourth-order valence-electron chi connectivity index (χ4n) is 4.91. The Morgan fingerprint density at radius 3 is 2.82 bits per heavy atom. The van der Waals surface area contributed by atoms with E-state index in [1.807, 2.05) is 33.8 Å². The molecule has 4 heterocycles. The van der Waals surface area contributed by atoms with Crippen molar-refractivity contribution >= 4 is 28.5 Å². The lowest BCUT2D eigenvalue weighted by Gasteiger charge is -2.38. The summed E-state index contributed by atoms with van der Waals surface area (Å²) in [6, 6.07) is 11.4. The third kappa shape index (κ3) is 4.04. The first kappa shape index (κ1) is 21.4. The number of methoxy groups -OCH3 is 1. The van der Waals surface area contributed by atoms with E-state index in [0.29, 0.717) is 31.1 Å². The predicted molar refractivity (Wildman–Crippen MR) is 124 cm³/mol. The Morgan fingerprint density at radius 2 is 2.03 bits per heavy atom. The number of nitrogens with two attached hydrogens (primary N) is 1. The van der Waals surface area contributed by atoms with Crippen molar-refractivity contribution in [2.45, 2.75) is 31.3 Å². The molecule has 172 valence electrons. The van der Waals surface area contributed by atoms with Crippen molar-refractivity contribution in [2.24, 2.45) is 0 Å². The number of nitrogen functional groups attached to an aromatic ring is 1. The standard InChI is InChI=1S/C24H28N6O3/c1-33-15-18-5-4-10-29(18)22(31)14-30-20-7-3-2-6-19(20)23(27-30)17-12-28(13-17)24(32)16-8-9-26-21(25)11-16/h2-3,6-9,11,17-18H,4-5,10,12-15H2,1H3,(H2,25,26)/t18-/m0/s1. The fourth-order valence-corrected chi connectivity index (χ4v) is 4.91. The number of ether oxygens (including phenoxy) is 1. The summed E-state index contributed by atoms with van der Waals surface area (Å²) < 4.78 is 7.10. The number of rotatable bonds is 6. The Kier molecular flexibility index (Phi) is 5.72. The SMILES string of the molecule is COC[C@@H]1CCCN1C(=O)Cn1nc(C2CN(C(=O)c3ccnc(N)c3)C2)c2ccccc21. The molecule has 2 fully saturated rings. The molecule has 0 bridgehead atoms. The normalized spacial score (nSPS) is 18.6. The topological polar surface area (TPSA) is 107 Å². The van der Waals surface area contributed by atoms with Gasteiger partial charge in [-0.2, -0.15) is 5.10 Å². The molecule has 9 heteroatoms. The van der Waals surface area contributed by atoms with Crippen molar-refractivity contribution in [2.75, 3.05) is 39.1 Å². The number of carbonyl (C=O) groups is 2. The molecule has 2 N–H and O–H groups in total. The van der Waals surface area contributed by atoms with E-state index in [9.17, 15) is 9.59 Å². The Balaban J connectivity index is 1.32. The average molecular weight is 449 g/mol. The molecular weight excluding hydrogens is 420 g/mol. The molecule has 2 amide bonds. The number of anilines is 1. The lowest BCUT2D eigenvalue weighted by molar-refractivity contribution is -0.133. The van der Waals surface area contributed by atoms with Crippen LogP contribution in [0.5, 0.6) is 0 Å². The van der Waals surface area contributed by atoms with Crippen LogP contribution in [-0.2, 0) is 16.1 Å². The van der Waals surface area contributed by atoms with Crippen LogP contribution >= 0.6 is 0 Å². The first-order valence-corrected chi connectivity index (χ1v) is 11.3. The second-order valence-corrected chi connectivity index (χ2v) is 8.78. The van der Waals surface area contributed by atoms with E-state index >= 15 is 0 Å². The van der Waals surface area contributed by atoms with Crippen molar-refractivity contribution < 1.29 is 14.3 Å². The minimum atomic E-state index is -0.0579. The van der Waals surface area contributed by atoms with Gasteiger partial charge in [-0.05, 0) is 31.0 Å². The van der Waals surface area contributed by atoms with Gasteiger partial charge in [-0.25, -0.2) is 4.98 Å². The summed E-state index contributed by atoms with van der Waals surface area (Å²) in [7, 11) is 1.67. The molecule has 2 aliphatic heterocycles. The second-order valence-electron chi connectivity index (χ2n) is 8.78. The summed E-state index contributed by atoms with van der Waals surface area (Å²) in [4.78, 5) is 33.5. The number of hydrogen-bond donors (Lipinski definition) is 1. The van der Waals surface area contributed by atoms with Crippen LogP contribution in [0, 0.1) is 0 Å². The molecular formula is C24H28N6O3. The van der Waals surface area contributed by atoms with Crippen molar-refractivity contribution in [3.8, 4) is 0 Å². The first-order chi connectivity index (χ1) is 16.0. The zero-order valence-electron chi connectivity index (χ0n) is 18.7. The van der Waals surface area contributed by atoms with E-state index < -0.39 is 0 Å². The lowest BCUT2D eigenvalue weighted by Crippen LogP contribution is -2.48. The summed E-state index contributed by atoms with van der Waals surface area (Å²) in [5.41, 5.74) is 8.13. The van der Waals surface area contributed by atoms with Crippen LogP contribution in [0.3, 0.4) is 0 Å². The zero-order chi connectivity index (χ0) is 22.9. The van der Waals surface area contributed by atoms with E-state index in [2.05, 4.69) is 4.98 Å². The summed E-state index contributed by atoms with van der Waals surface area (Å²) in [5, 5.41) is 5.88. The van der Waals surface area contributed by atoms with Crippen LogP contribution in [0.25, 0.3) is 10.9 Å². The number of pyridine rings is 1. The highest BCUT2D eigenvalue weighted by molar-refractivity contribution is 5.95. The van der Waals surface area contributed by atoms with Gasteiger partial charge >= 0.3 is 0 Å². The van der Waals surface area contributed by atoms with Crippen LogP contribution < -0.4 is 5.73 Å². The van der Waals surface area contributed by atoms with Gasteiger partial charge in [0.25, 0.3) is 5.91 Å². The largest absolute Gasteiger partial charge is 0.384 e. The van der Waals surface area contributed by atoms with Crippen molar-refractivity contribution in [3.05, 3.63) is 53.9 Å². The molecule has 2 aliphatic rings. The molecule has 1 aromatic carbocycles. The van der Waals surface area contributed by atoms with Crippen molar-refractivity contribution in [1.29, 1.82) is 0 Å². The van der Waals surface area contributed by atoms with Gasteiger partial charge < -0.3 is 20.3 Å². The third-order valence-electron chi connectivity index (χ3n) is 6.61. The summed E-state index contributed by atoms with van der Waals surface area (Å²) in [6.07, 6.45) is 3.52. The maximum atomic E-state index is 13.1. The monoisotopic (exact) mass is 448 g/mol. The summed E-state index contributed by atoms with van der Waals surface area (Å²) in [5.74, 6) is 0.466. The molecule has 0 spiro atoms.